The third-order valence-electron chi connectivity index (χ3n) is 1.66. The molecule has 0 aromatic heterocycles. The number of benzene rings is 1. The Morgan fingerprint density at radius 3 is 2.79 bits per heavy atom. The van der Waals surface area contributed by atoms with E-state index in [-0.39, 0.29) is 5.69 Å². The van der Waals surface area contributed by atoms with Crippen LogP contribution in [-0.2, 0) is 9.62 Å². The summed E-state index contributed by atoms with van der Waals surface area (Å²) in [6.45, 7) is 0. The Morgan fingerprint density at radius 2 is 2.29 bits per heavy atom. The number of methoxy groups -OCH3 is 1. The van der Waals surface area contributed by atoms with E-state index in [1.807, 2.05) is 0 Å². The molecule has 0 spiro atoms. The van der Waals surface area contributed by atoms with Gasteiger partial charge in [-0.25, -0.2) is 10.1 Å². The lowest BCUT2D eigenvalue weighted by atomic mass is 10.2. The second-order valence-electron chi connectivity index (χ2n) is 2.53. The maximum Gasteiger partial charge on any atom is 0.269 e. The molecule has 0 aliphatic carbocycles. The van der Waals surface area contributed by atoms with E-state index in [1.54, 1.807) is 6.07 Å². The highest BCUT2D eigenvalue weighted by molar-refractivity contribution is 5.34. The topological polar surface area (TPSA) is 81.8 Å². The molecule has 0 bridgehead atoms. The Morgan fingerprint density at radius 1 is 1.57 bits per heavy atom. The Hall–Kier alpha value is -1.50. The quantitative estimate of drug-likeness (QED) is 0.345. The van der Waals surface area contributed by atoms with Crippen LogP contribution in [0.15, 0.2) is 24.3 Å². The van der Waals surface area contributed by atoms with Crippen LogP contribution >= 0.6 is 0 Å². The molecule has 1 atom stereocenters. The average Bonchev–Trinajstić information content (AvgIpc) is 2.20. The molecule has 1 unspecified atom stereocenters. The lowest BCUT2D eigenvalue weighted by molar-refractivity contribution is -0.385. The lowest BCUT2D eigenvalue weighted by Crippen LogP contribution is -2.04. The van der Waals surface area contributed by atoms with Gasteiger partial charge in [0, 0.05) is 24.8 Å². The Bertz CT molecular complexity index is 323. The van der Waals surface area contributed by atoms with E-state index in [9.17, 15) is 10.1 Å². The first-order valence-corrected chi connectivity index (χ1v) is 3.76. The third-order valence-corrected chi connectivity index (χ3v) is 1.66. The summed E-state index contributed by atoms with van der Waals surface area (Å²) in [6, 6.07) is 5.65. The van der Waals surface area contributed by atoms with E-state index in [0.717, 1.165) is 0 Å². The monoisotopic (exact) mass is 199 g/mol. The van der Waals surface area contributed by atoms with Crippen LogP contribution in [0.5, 0.6) is 0 Å². The molecule has 1 rings (SSSR count). The van der Waals surface area contributed by atoms with Crippen molar-refractivity contribution in [3.63, 3.8) is 0 Å². The summed E-state index contributed by atoms with van der Waals surface area (Å²) in [5.41, 5.74) is 0.297. The number of hydrogen-bond donors (Lipinski definition) is 1. The fourth-order valence-corrected chi connectivity index (χ4v) is 1.02. The van der Waals surface area contributed by atoms with Crippen LogP contribution < -0.4 is 0 Å². The van der Waals surface area contributed by atoms with Crippen molar-refractivity contribution in [3.8, 4) is 0 Å². The van der Waals surface area contributed by atoms with E-state index in [1.165, 1.54) is 25.3 Å². The minimum Gasteiger partial charge on any atom is -0.349 e. The largest absolute Gasteiger partial charge is 0.349 e. The zero-order valence-electron chi connectivity index (χ0n) is 7.41. The molecule has 0 aliphatic rings. The van der Waals surface area contributed by atoms with Gasteiger partial charge in [-0.2, -0.15) is 0 Å². The molecular formula is C8H9NO5. The molecule has 0 radical (unpaired) electrons. The van der Waals surface area contributed by atoms with Crippen molar-refractivity contribution in [2.45, 2.75) is 6.29 Å². The number of rotatable bonds is 4. The second kappa shape index (κ2) is 4.66. The summed E-state index contributed by atoms with van der Waals surface area (Å²) in [7, 11) is 1.32. The first-order valence-electron chi connectivity index (χ1n) is 3.76. The number of nitro groups is 1. The van der Waals surface area contributed by atoms with E-state index in [2.05, 4.69) is 4.89 Å². The smallest absolute Gasteiger partial charge is 0.269 e. The summed E-state index contributed by atoms with van der Waals surface area (Å²) in [4.78, 5) is 13.9. The van der Waals surface area contributed by atoms with Crippen LogP contribution in [0.4, 0.5) is 5.69 Å². The van der Waals surface area contributed by atoms with E-state index >= 15 is 0 Å². The van der Waals surface area contributed by atoms with Crippen LogP contribution in [0.25, 0.3) is 0 Å². The number of nitrogens with zero attached hydrogens (tertiary/aromatic N) is 1. The summed E-state index contributed by atoms with van der Waals surface area (Å²) in [6.07, 6.45) is -1.00. The Labute approximate surface area is 79.8 Å². The van der Waals surface area contributed by atoms with Crippen LogP contribution in [0.2, 0.25) is 0 Å². The molecule has 1 aromatic carbocycles. The van der Waals surface area contributed by atoms with Crippen molar-refractivity contribution in [3.05, 3.63) is 39.9 Å². The minimum atomic E-state index is -1.00. The van der Waals surface area contributed by atoms with Crippen molar-refractivity contribution in [2.24, 2.45) is 0 Å². The highest BCUT2D eigenvalue weighted by Crippen LogP contribution is 2.21. The molecule has 0 aliphatic heterocycles. The van der Waals surface area contributed by atoms with Gasteiger partial charge in [-0.15, -0.1) is 0 Å². The molecule has 76 valence electrons. The molecule has 6 nitrogen and oxygen atoms in total. The van der Waals surface area contributed by atoms with Crippen LogP contribution in [0.1, 0.15) is 11.9 Å². The summed E-state index contributed by atoms with van der Waals surface area (Å²) >= 11 is 0. The second-order valence-corrected chi connectivity index (χ2v) is 2.53. The van der Waals surface area contributed by atoms with Gasteiger partial charge in [0.1, 0.15) is 0 Å². The molecule has 14 heavy (non-hydrogen) atoms. The van der Waals surface area contributed by atoms with Gasteiger partial charge in [0.15, 0.2) is 0 Å². The first-order chi connectivity index (χ1) is 6.69. The van der Waals surface area contributed by atoms with Crippen molar-refractivity contribution in [1.29, 1.82) is 0 Å². The molecular weight excluding hydrogens is 190 g/mol. The predicted molar refractivity (Wildman–Crippen MR) is 46.6 cm³/mol. The molecule has 1 aromatic rings. The Kier molecular flexibility index (Phi) is 3.52. The summed E-state index contributed by atoms with van der Waals surface area (Å²) in [5.74, 6) is 0. The normalized spacial score (nSPS) is 12.4. The molecule has 1 N–H and O–H groups in total. The standard InChI is InChI=1S/C8H9NO5/c1-13-8(14-12)6-3-2-4-7(5-6)9(10)11/h2-5,8,12H,1H3. The number of ether oxygens (including phenoxy) is 1. The molecule has 0 amide bonds. The van der Waals surface area contributed by atoms with Gasteiger partial charge >= 0.3 is 0 Å². The molecule has 0 saturated heterocycles. The van der Waals surface area contributed by atoms with Gasteiger partial charge in [0.2, 0.25) is 6.29 Å². The number of non-ortho nitro benzene ring substituents is 1. The minimum absolute atomic E-state index is 0.0819. The van der Waals surface area contributed by atoms with Gasteiger partial charge in [0.25, 0.3) is 5.69 Å². The number of nitro benzene ring substituents is 1. The van der Waals surface area contributed by atoms with Gasteiger partial charge in [-0.05, 0) is 0 Å². The fourth-order valence-electron chi connectivity index (χ4n) is 1.02. The van der Waals surface area contributed by atoms with Crippen LogP contribution in [0.3, 0.4) is 0 Å². The van der Waals surface area contributed by atoms with E-state index in [0.29, 0.717) is 5.56 Å². The summed E-state index contributed by atoms with van der Waals surface area (Å²) in [5, 5.41) is 18.8. The van der Waals surface area contributed by atoms with Gasteiger partial charge in [-0.1, -0.05) is 12.1 Å². The van der Waals surface area contributed by atoms with Crippen LogP contribution in [0, 0.1) is 10.1 Å². The van der Waals surface area contributed by atoms with E-state index < -0.39 is 11.2 Å². The SMILES string of the molecule is COC(OO)c1cccc([N+](=O)[O-])c1. The van der Waals surface area contributed by atoms with Gasteiger partial charge < -0.3 is 4.74 Å². The summed E-state index contributed by atoms with van der Waals surface area (Å²) < 4.78 is 4.73. The molecule has 0 heterocycles. The van der Waals surface area contributed by atoms with Crippen molar-refractivity contribution < 1.29 is 19.8 Å². The van der Waals surface area contributed by atoms with Gasteiger partial charge in [0.05, 0.1) is 4.92 Å². The van der Waals surface area contributed by atoms with Gasteiger partial charge in [-0.3, -0.25) is 10.1 Å². The van der Waals surface area contributed by atoms with Crippen molar-refractivity contribution in [2.75, 3.05) is 7.11 Å². The average molecular weight is 199 g/mol. The Balaban J connectivity index is 2.98. The third kappa shape index (κ3) is 2.25. The highest BCUT2D eigenvalue weighted by atomic mass is 17.1. The number of hydrogen-bond acceptors (Lipinski definition) is 5. The zero-order valence-corrected chi connectivity index (χ0v) is 7.41. The van der Waals surface area contributed by atoms with E-state index in [4.69, 9.17) is 9.99 Å². The highest BCUT2D eigenvalue weighted by Gasteiger charge is 2.14. The lowest BCUT2D eigenvalue weighted by Gasteiger charge is -2.10. The molecule has 0 saturated carbocycles. The first kappa shape index (κ1) is 10.6. The van der Waals surface area contributed by atoms with Crippen molar-refractivity contribution >= 4 is 5.69 Å². The predicted octanol–water partition coefficient (Wildman–Crippen LogP) is 1.73. The van der Waals surface area contributed by atoms with Crippen LogP contribution in [-0.4, -0.2) is 17.3 Å². The zero-order chi connectivity index (χ0) is 10.6. The molecule has 6 heteroatoms. The maximum absolute atomic E-state index is 10.4. The maximum atomic E-state index is 10.4. The van der Waals surface area contributed by atoms with Crippen molar-refractivity contribution in [1.82, 2.24) is 0 Å². The fraction of sp³-hybridized carbons (Fsp3) is 0.250. The molecule has 0 fully saturated rings.